The van der Waals surface area contributed by atoms with E-state index in [1.54, 1.807) is 11.3 Å². The molecule has 6 rings (SSSR count). The average molecular weight is 499 g/mol. The summed E-state index contributed by atoms with van der Waals surface area (Å²) >= 11 is 1.59. The molecule has 0 bridgehead atoms. The number of nitrogens with one attached hydrogen (secondary N) is 1. The van der Waals surface area contributed by atoms with Crippen molar-refractivity contribution in [2.75, 3.05) is 11.9 Å². The number of rotatable bonds is 7. The number of ether oxygens (including phenoxy) is 2. The van der Waals surface area contributed by atoms with Gasteiger partial charge >= 0.3 is 0 Å². The van der Waals surface area contributed by atoms with Gasteiger partial charge in [0.15, 0.2) is 23.1 Å². The molecule has 36 heavy (non-hydrogen) atoms. The van der Waals surface area contributed by atoms with Crippen LogP contribution in [-0.4, -0.2) is 27.2 Å². The predicted octanol–water partition coefficient (Wildman–Crippen LogP) is 6.01. The van der Waals surface area contributed by atoms with Crippen LogP contribution in [0.15, 0.2) is 77.3 Å². The first-order chi connectivity index (χ1) is 17.7. The van der Waals surface area contributed by atoms with E-state index in [4.69, 9.17) is 19.6 Å². The zero-order valence-corrected chi connectivity index (χ0v) is 20.8. The Morgan fingerprint density at radius 3 is 2.75 bits per heavy atom. The molecule has 1 aliphatic carbocycles. The molecule has 7 nitrogen and oxygen atoms in total. The lowest BCUT2D eigenvalue weighted by Crippen LogP contribution is -2.31. The highest BCUT2D eigenvalue weighted by molar-refractivity contribution is 7.13. The molecule has 1 N–H and O–H groups in total. The van der Waals surface area contributed by atoms with Crippen LogP contribution in [-0.2, 0) is 11.4 Å². The van der Waals surface area contributed by atoms with Crippen molar-refractivity contribution in [3.8, 4) is 22.2 Å². The van der Waals surface area contributed by atoms with E-state index < -0.39 is 0 Å². The Morgan fingerprint density at radius 1 is 1.06 bits per heavy atom. The third kappa shape index (κ3) is 4.18. The van der Waals surface area contributed by atoms with Crippen LogP contribution in [0, 0.1) is 0 Å². The third-order valence-corrected chi connectivity index (χ3v) is 7.30. The number of carbonyl (C=O) groups is 1. The number of Topliss-reactive ketones (excluding diaryl/α,β-unsaturated/α-hetero) is 1. The molecule has 0 amide bonds. The van der Waals surface area contributed by atoms with E-state index in [9.17, 15) is 4.79 Å². The summed E-state index contributed by atoms with van der Waals surface area (Å²) in [6.45, 7) is 2.90. The molecule has 0 spiro atoms. The van der Waals surface area contributed by atoms with Gasteiger partial charge in [-0.25, -0.2) is 4.68 Å². The molecule has 8 heteroatoms. The molecule has 2 aromatic heterocycles. The number of benzene rings is 2. The molecule has 4 aromatic rings. The van der Waals surface area contributed by atoms with Gasteiger partial charge in [-0.15, -0.1) is 16.4 Å². The number of allylic oxidation sites excluding steroid dienone is 2. The first-order valence-corrected chi connectivity index (χ1v) is 13.1. The zero-order valence-electron chi connectivity index (χ0n) is 19.9. The summed E-state index contributed by atoms with van der Waals surface area (Å²) < 4.78 is 13.9. The lowest BCUT2D eigenvalue weighted by molar-refractivity contribution is -0.116. The van der Waals surface area contributed by atoms with Crippen molar-refractivity contribution in [2.45, 2.75) is 38.8 Å². The minimum atomic E-state index is -0.382. The topological polar surface area (TPSA) is 78.3 Å². The molecular weight excluding hydrogens is 472 g/mol. The van der Waals surface area contributed by atoms with Crippen LogP contribution in [0.1, 0.15) is 43.4 Å². The van der Waals surface area contributed by atoms with E-state index in [2.05, 4.69) is 5.32 Å². The van der Waals surface area contributed by atoms with Crippen LogP contribution < -0.4 is 14.8 Å². The maximum atomic E-state index is 13.2. The largest absolute Gasteiger partial charge is 0.490 e. The van der Waals surface area contributed by atoms with E-state index in [-0.39, 0.29) is 11.8 Å². The molecule has 1 unspecified atom stereocenters. The summed E-state index contributed by atoms with van der Waals surface area (Å²) in [7, 11) is 0. The number of thiophene rings is 1. The molecule has 0 saturated heterocycles. The van der Waals surface area contributed by atoms with E-state index in [1.807, 2.05) is 77.6 Å². The minimum Gasteiger partial charge on any atom is -0.490 e. The number of hydrogen-bond donors (Lipinski definition) is 1. The van der Waals surface area contributed by atoms with Crippen LogP contribution in [0.5, 0.6) is 11.5 Å². The summed E-state index contributed by atoms with van der Waals surface area (Å²) in [5.41, 5.74) is 3.70. The van der Waals surface area contributed by atoms with Gasteiger partial charge in [-0.2, -0.15) is 4.98 Å². The Kier molecular flexibility index (Phi) is 6.03. The van der Waals surface area contributed by atoms with Gasteiger partial charge in [0.05, 0.1) is 11.5 Å². The zero-order chi connectivity index (χ0) is 24.5. The summed E-state index contributed by atoms with van der Waals surface area (Å²) in [6, 6.07) is 19.6. The SMILES string of the molecule is CCOc1cc(C2C3=C(CCCC3=O)Nc3nc(-c4cccs4)nn32)ccc1OCc1ccccc1. The van der Waals surface area contributed by atoms with Gasteiger partial charge < -0.3 is 14.8 Å². The molecular formula is C28H26N4O3S. The third-order valence-electron chi connectivity index (χ3n) is 6.43. The second-order valence-electron chi connectivity index (χ2n) is 8.79. The summed E-state index contributed by atoms with van der Waals surface area (Å²) in [5.74, 6) is 2.77. The number of nitrogens with zero attached hydrogens (tertiary/aromatic N) is 3. The number of hydrogen-bond acceptors (Lipinski definition) is 7. The number of fused-ring (bicyclic) bond motifs is 1. The lowest BCUT2D eigenvalue weighted by atomic mass is 9.85. The van der Waals surface area contributed by atoms with Crippen molar-refractivity contribution in [1.29, 1.82) is 0 Å². The monoisotopic (exact) mass is 498 g/mol. The van der Waals surface area contributed by atoms with Crippen LogP contribution >= 0.6 is 11.3 Å². The number of ketones is 1. The summed E-state index contributed by atoms with van der Waals surface area (Å²) in [6.07, 6.45) is 2.19. The first-order valence-electron chi connectivity index (χ1n) is 12.2. The Balaban J connectivity index is 1.41. The van der Waals surface area contributed by atoms with Crippen molar-refractivity contribution in [3.63, 3.8) is 0 Å². The molecule has 0 saturated carbocycles. The van der Waals surface area contributed by atoms with Crippen molar-refractivity contribution >= 4 is 23.1 Å². The minimum absolute atomic E-state index is 0.148. The quantitative estimate of drug-likeness (QED) is 0.336. The van der Waals surface area contributed by atoms with Crippen LogP contribution in [0.3, 0.4) is 0 Å². The Bertz CT molecular complexity index is 1430. The summed E-state index contributed by atoms with van der Waals surface area (Å²) in [4.78, 5) is 18.9. The second kappa shape index (κ2) is 9.62. The van der Waals surface area contributed by atoms with Gasteiger partial charge in [-0.3, -0.25) is 4.79 Å². The molecule has 1 atom stereocenters. The van der Waals surface area contributed by atoms with Crippen molar-refractivity contribution in [1.82, 2.24) is 14.8 Å². The number of carbonyl (C=O) groups excluding carboxylic acids is 1. The number of anilines is 1. The molecule has 182 valence electrons. The Morgan fingerprint density at radius 2 is 1.94 bits per heavy atom. The second-order valence-corrected chi connectivity index (χ2v) is 9.74. The van der Waals surface area contributed by atoms with Crippen molar-refractivity contribution in [3.05, 3.63) is 88.4 Å². The summed E-state index contributed by atoms with van der Waals surface area (Å²) in [5, 5.41) is 10.3. The maximum Gasteiger partial charge on any atom is 0.226 e. The number of aromatic nitrogens is 3. The predicted molar refractivity (Wildman–Crippen MR) is 139 cm³/mol. The normalized spacial score (nSPS) is 16.8. The van der Waals surface area contributed by atoms with Gasteiger partial charge in [0, 0.05) is 17.7 Å². The molecule has 2 aliphatic rings. The molecule has 3 heterocycles. The highest BCUT2D eigenvalue weighted by atomic mass is 32.1. The smallest absolute Gasteiger partial charge is 0.226 e. The van der Waals surface area contributed by atoms with E-state index >= 15 is 0 Å². The Labute approximate surface area is 213 Å². The molecule has 0 radical (unpaired) electrons. The molecule has 2 aromatic carbocycles. The highest BCUT2D eigenvalue weighted by Crippen LogP contribution is 2.43. The van der Waals surface area contributed by atoms with Gasteiger partial charge in [-0.1, -0.05) is 42.5 Å². The van der Waals surface area contributed by atoms with Crippen LogP contribution in [0.25, 0.3) is 10.7 Å². The van der Waals surface area contributed by atoms with Crippen LogP contribution in [0.4, 0.5) is 5.95 Å². The van der Waals surface area contributed by atoms with Crippen molar-refractivity contribution in [2.24, 2.45) is 0 Å². The standard InChI is InChI=1S/C28H26N4O3S/c1-2-34-23-16-19(13-14-22(23)35-17-18-8-4-3-5-9-18)26-25-20(10-6-11-21(25)33)29-28-30-27(31-32(26)28)24-12-7-15-36-24/h3-5,7-9,12-16,26H,2,6,10-11,17H2,1H3,(H,29,30,31). The Hall–Kier alpha value is -3.91. The van der Waals surface area contributed by atoms with E-state index in [0.29, 0.717) is 42.9 Å². The lowest BCUT2D eigenvalue weighted by Gasteiger charge is -2.32. The fourth-order valence-corrected chi connectivity index (χ4v) is 5.44. The van der Waals surface area contributed by atoms with Crippen molar-refractivity contribution < 1.29 is 14.3 Å². The van der Waals surface area contributed by atoms with E-state index in [1.165, 1.54) is 0 Å². The van der Waals surface area contributed by atoms with Gasteiger partial charge in [0.25, 0.3) is 0 Å². The van der Waals surface area contributed by atoms with Gasteiger partial charge in [0.2, 0.25) is 5.95 Å². The van der Waals surface area contributed by atoms with Gasteiger partial charge in [0.1, 0.15) is 12.6 Å². The molecule has 0 fully saturated rings. The van der Waals surface area contributed by atoms with Gasteiger partial charge in [-0.05, 0) is 54.5 Å². The first kappa shape index (κ1) is 22.5. The van der Waals surface area contributed by atoms with Crippen LogP contribution in [0.2, 0.25) is 0 Å². The maximum absolute atomic E-state index is 13.2. The highest BCUT2D eigenvalue weighted by Gasteiger charge is 2.37. The average Bonchev–Trinajstić information content (AvgIpc) is 3.58. The fraction of sp³-hybridized carbons (Fsp3) is 0.250. The fourth-order valence-electron chi connectivity index (χ4n) is 4.79. The molecule has 1 aliphatic heterocycles. The van der Waals surface area contributed by atoms with E-state index in [0.717, 1.165) is 40.1 Å².